The highest BCUT2D eigenvalue weighted by Crippen LogP contribution is 2.25. The van der Waals surface area contributed by atoms with Gasteiger partial charge < -0.3 is 10.6 Å². The lowest BCUT2D eigenvalue weighted by molar-refractivity contribution is 0.241. The van der Waals surface area contributed by atoms with Crippen molar-refractivity contribution in [2.24, 2.45) is 0 Å². The zero-order chi connectivity index (χ0) is 20.4. The summed E-state index contributed by atoms with van der Waals surface area (Å²) >= 11 is 6.50. The summed E-state index contributed by atoms with van der Waals surface area (Å²) in [6.07, 6.45) is 0. The van der Waals surface area contributed by atoms with E-state index in [1.165, 1.54) is 0 Å². The highest BCUT2D eigenvalue weighted by molar-refractivity contribution is 6.31. The molecule has 29 heavy (non-hydrogen) atoms. The van der Waals surface area contributed by atoms with Crippen LogP contribution < -0.4 is 16.2 Å². The van der Waals surface area contributed by atoms with Gasteiger partial charge >= 0.3 is 0 Å². The number of hydrogen-bond donors (Lipinski definition) is 1. The summed E-state index contributed by atoms with van der Waals surface area (Å²) in [6.45, 7) is 6.92. The molecule has 3 aromatic rings. The number of anilines is 2. The number of aromatic nitrogens is 2. The first-order valence-corrected chi connectivity index (χ1v) is 10.4. The number of hydrogen-bond acceptors (Lipinski definition) is 4. The van der Waals surface area contributed by atoms with Crippen molar-refractivity contribution in [3.63, 3.8) is 0 Å². The summed E-state index contributed by atoms with van der Waals surface area (Å²) in [4.78, 5) is 17.5. The third kappa shape index (κ3) is 3.78. The second kappa shape index (κ2) is 8.35. The van der Waals surface area contributed by atoms with Gasteiger partial charge in [-0.15, -0.1) is 0 Å². The van der Waals surface area contributed by atoms with Crippen molar-refractivity contribution in [2.75, 3.05) is 36.8 Å². The van der Waals surface area contributed by atoms with Crippen molar-refractivity contribution >= 4 is 23.0 Å². The Kier molecular flexibility index (Phi) is 5.65. The molecule has 2 aromatic carbocycles. The van der Waals surface area contributed by atoms with Gasteiger partial charge in [-0.3, -0.25) is 14.4 Å². The van der Waals surface area contributed by atoms with Gasteiger partial charge in [0, 0.05) is 39.3 Å². The highest BCUT2D eigenvalue weighted by atomic mass is 35.5. The second-order valence-corrected chi connectivity index (χ2v) is 7.63. The molecule has 0 saturated carbocycles. The maximum Gasteiger partial charge on any atom is 0.290 e. The van der Waals surface area contributed by atoms with E-state index in [0.29, 0.717) is 18.1 Å². The summed E-state index contributed by atoms with van der Waals surface area (Å²) < 4.78 is 3.67. The molecule has 4 rings (SSSR count). The van der Waals surface area contributed by atoms with Crippen molar-refractivity contribution in [3.8, 4) is 5.69 Å². The van der Waals surface area contributed by atoms with E-state index >= 15 is 0 Å². The van der Waals surface area contributed by atoms with Crippen LogP contribution in [0.15, 0.2) is 59.4 Å². The predicted octanol–water partition coefficient (Wildman–Crippen LogP) is 3.22. The van der Waals surface area contributed by atoms with E-state index in [-0.39, 0.29) is 5.56 Å². The molecule has 0 radical (unpaired) electrons. The lowest BCUT2D eigenvalue weighted by Crippen LogP contribution is -2.46. The van der Waals surface area contributed by atoms with Gasteiger partial charge in [-0.05, 0) is 31.2 Å². The van der Waals surface area contributed by atoms with Crippen LogP contribution in [0.4, 0.5) is 11.4 Å². The molecular weight excluding hydrogens is 386 g/mol. The molecule has 1 fully saturated rings. The minimum absolute atomic E-state index is 0.162. The van der Waals surface area contributed by atoms with Crippen molar-refractivity contribution in [3.05, 3.63) is 75.7 Å². The van der Waals surface area contributed by atoms with Gasteiger partial charge in [-0.2, -0.15) is 0 Å². The van der Waals surface area contributed by atoms with Gasteiger partial charge in [-0.25, -0.2) is 4.68 Å². The summed E-state index contributed by atoms with van der Waals surface area (Å²) in [6, 6.07) is 17.6. The molecule has 2 heterocycles. The van der Waals surface area contributed by atoms with E-state index in [0.717, 1.165) is 48.9 Å². The van der Waals surface area contributed by atoms with Crippen LogP contribution in [0, 0.1) is 0 Å². The number of piperazine rings is 1. The van der Waals surface area contributed by atoms with Crippen LogP contribution in [0.5, 0.6) is 0 Å². The molecule has 0 amide bonds. The number of benzene rings is 2. The summed E-state index contributed by atoms with van der Waals surface area (Å²) in [5.74, 6) is 0. The van der Waals surface area contributed by atoms with Crippen LogP contribution in [0.3, 0.4) is 0 Å². The fourth-order valence-corrected chi connectivity index (χ4v) is 4.24. The zero-order valence-corrected chi connectivity index (χ0v) is 17.3. The van der Waals surface area contributed by atoms with Crippen molar-refractivity contribution in [1.29, 1.82) is 0 Å². The normalized spacial score (nSPS) is 15.0. The number of halogens is 1. The van der Waals surface area contributed by atoms with E-state index in [1.54, 1.807) is 4.68 Å². The van der Waals surface area contributed by atoms with Crippen LogP contribution in [-0.2, 0) is 13.1 Å². The van der Waals surface area contributed by atoms with Crippen LogP contribution in [-0.4, -0.2) is 40.4 Å². The van der Waals surface area contributed by atoms with E-state index in [9.17, 15) is 4.79 Å². The number of nitrogens with zero attached hydrogens (tertiary/aromatic N) is 4. The largest absolute Gasteiger partial charge is 0.397 e. The van der Waals surface area contributed by atoms with E-state index < -0.39 is 0 Å². The SMILES string of the molecule is CCn1c(CN2CCN(c3ccccc3N)CC2)c(Cl)c(=O)n1-c1ccccc1. The first-order valence-electron chi connectivity index (χ1n) is 9.97. The molecular formula is C22H26ClN5O. The first kappa shape index (κ1) is 19.6. The number of nitrogen functional groups attached to an aromatic ring is 1. The van der Waals surface area contributed by atoms with Gasteiger partial charge in [-0.1, -0.05) is 41.9 Å². The Morgan fingerprint density at radius 3 is 2.28 bits per heavy atom. The van der Waals surface area contributed by atoms with Gasteiger partial charge in [0.25, 0.3) is 5.56 Å². The topological polar surface area (TPSA) is 59.4 Å². The average Bonchev–Trinajstić information content (AvgIpc) is 2.99. The number of rotatable bonds is 5. The quantitative estimate of drug-likeness (QED) is 0.655. The molecule has 0 unspecified atom stereocenters. The summed E-state index contributed by atoms with van der Waals surface area (Å²) in [5.41, 5.74) is 9.57. The van der Waals surface area contributed by atoms with E-state index in [1.807, 2.05) is 60.1 Å². The maximum absolute atomic E-state index is 12.9. The lowest BCUT2D eigenvalue weighted by Gasteiger charge is -2.36. The molecule has 2 N–H and O–H groups in total. The second-order valence-electron chi connectivity index (χ2n) is 7.25. The molecule has 6 nitrogen and oxygen atoms in total. The smallest absolute Gasteiger partial charge is 0.290 e. The van der Waals surface area contributed by atoms with Crippen LogP contribution in [0.25, 0.3) is 5.69 Å². The Labute approximate surface area is 175 Å². The fourth-order valence-electron chi connectivity index (χ4n) is 4.00. The van der Waals surface area contributed by atoms with Crippen molar-refractivity contribution in [2.45, 2.75) is 20.0 Å². The molecule has 1 aliphatic rings. The standard InChI is InChI=1S/C22H26ClN5O/c1-2-27-20(21(23)22(29)28(27)17-8-4-3-5-9-17)16-25-12-14-26(15-13-25)19-11-7-6-10-18(19)24/h3-11H,2,12-16,24H2,1H3. The van der Waals surface area contributed by atoms with Crippen LogP contribution in [0.2, 0.25) is 5.02 Å². The molecule has 0 bridgehead atoms. The van der Waals surface area contributed by atoms with Crippen LogP contribution in [0.1, 0.15) is 12.6 Å². The molecule has 1 saturated heterocycles. The minimum atomic E-state index is -0.162. The number of nitrogens with two attached hydrogens (primary N) is 1. The van der Waals surface area contributed by atoms with Gasteiger partial charge in [0.15, 0.2) is 0 Å². The zero-order valence-electron chi connectivity index (χ0n) is 16.6. The predicted molar refractivity (Wildman–Crippen MR) is 119 cm³/mol. The molecule has 1 aromatic heterocycles. The lowest BCUT2D eigenvalue weighted by atomic mass is 10.2. The van der Waals surface area contributed by atoms with E-state index in [2.05, 4.69) is 15.9 Å². The van der Waals surface area contributed by atoms with Gasteiger partial charge in [0.1, 0.15) is 5.02 Å². The highest BCUT2D eigenvalue weighted by Gasteiger charge is 2.24. The van der Waals surface area contributed by atoms with Gasteiger partial charge in [0.2, 0.25) is 0 Å². The molecule has 152 valence electrons. The number of para-hydroxylation sites is 3. The Balaban J connectivity index is 1.54. The Bertz CT molecular complexity index is 1040. The molecule has 7 heteroatoms. The summed E-state index contributed by atoms with van der Waals surface area (Å²) in [5, 5.41) is 0.311. The maximum atomic E-state index is 12.9. The van der Waals surface area contributed by atoms with Crippen molar-refractivity contribution < 1.29 is 0 Å². The van der Waals surface area contributed by atoms with Crippen LogP contribution >= 0.6 is 11.6 Å². The molecule has 0 atom stereocenters. The Morgan fingerprint density at radius 1 is 0.966 bits per heavy atom. The van der Waals surface area contributed by atoms with E-state index in [4.69, 9.17) is 17.3 Å². The summed E-state index contributed by atoms with van der Waals surface area (Å²) in [7, 11) is 0. The molecule has 0 aliphatic carbocycles. The fraction of sp³-hybridized carbons (Fsp3) is 0.318. The van der Waals surface area contributed by atoms with Gasteiger partial charge in [0.05, 0.1) is 22.8 Å². The first-order chi connectivity index (χ1) is 14.1. The Morgan fingerprint density at radius 2 is 1.62 bits per heavy atom. The molecule has 1 aliphatic heterocycles. The third-order valence-electron chi connectivity index (χ3n) is 5.51. The monoisotopic (exact) mass is 411 g/mol. The minimum Gasteiger partial charge on any atom is -0.397 e. The molecule has 0 spiro atoms. The average molecular weight is 412 g/mol. The Hall–Kier alpha value is -2.70. The van der Waals surface area contributed by atoms with Crippen molar-refractivity contribution in [1.82, 2.24) is 14.3 Å². The third-order valence-corrected chi connectivity index (χ3v) is 5.89.